The number of carbonyl (C=O) groups is 2. The van der Waals surface area contributed by atoms with Gasteiger partial charge in [0.15, 0.2) is 0 Å². The van der Waals surface area contributed by atoms with Crippen LogP contribution in [0.25, 0.3) is 10.9 Å². The lowest BCUT2D eigenvalue weighted by atomic mass is 9.93. The van der Waals surface area contributed by atoms with Gasteiger partial charge in [0, 0.05) is 50.7 Å². The number of pyridine rings is 1. The second-order valence-electron chi connectivity index (χ2n) is 8.91. The van der Waals surface area contributed by atoms with Crippen molar-refractivity contribution < 1.29 is 9.59 Å². The maximum atomic E-state index is 13.6. The normalized spacial score (nSPS) is 22.0. The van der Waals surface area contributed by atoms with E-state index in [0.717, 1.165) is 53.5 Å². The van der Waals surface area contributed by atoms with Crippen molar-refractivity contribution in [3.63, 3.8) is 0 Å². The summed E-state index contributed by atoms with van der Waals surface area (Å²) in [5.74, 6) is 0.0421. The van der Waals surface area contributed by atoms with Crippen LogP contribution in [0.5, 0.6) is 0 Å². The van der Waals surface area contributed by atoms with Crippen LogP contribution in [-0.2, 0) is 29.1 Å². The topological polar surface area (TPSA) is 56.8 Å². The first-order valence-electron chi connectivity index (χ1n) is 11.2. The first kappa shape index (κ1) is 20.8. The van der Waals surface area contributed by atoms with Crippen molar-refractivity contribution in [1.29, 1.82) is 0 Å². The molecule has 0 N–H and O–H groups in total. The van der Waals surface area contributed by atoms with Gasteiger partial charge >= 0.3 is 0 Å². The predicted octanol–water partition coefficient (Wildman–Crippen LogP) is 2.50. The van der Waals surface area contributed by atoms with Crippen molar-refractivity contribution in [2.75, 3.05) is 26.7 Å². The summed E-state index contributed by atoms with van der Waals surface area (Å²) in [5, 5.41) is 1.13. The molecular formula is C26H28N4O2. The van der Waals surface area contributed by atoms with Crippen LogP contribution >= 0.6 is 0 Å². The molecule has 0 radical (unpaired) electrons. The van der Waals surface area contributed by atoms with Crippen LogP contribution in [0.2, 0.25) is 0 Å². The highest BCUT2D eigenvalue weighted by Gasteiger charge is 2.37. The van der Waals surface area contributed by atoms with Crippen molar-refractivity contribution in [3.05, 3.63) is 77.5 Å². The Bertz CT molecular complexity index is 1150. The quantitative estimate of drug-likeness (QED) is 0.598. The molecule has 164 valence electrons. The molecule has 32 heavy (non-hydrogen) atoms. The Kier molecular flexibility index (Phi) is 5.72. The first-order valence-corrected chi connectivity index (χ1v) is 11.2. The summed E-state index contributed by atoms with van der Waals surface area (Å²) < 4.78 is 0. The van der Waals surface area contributed by atoms with Crippen molar-refractivity contribution in [3.8, 4) is 0 Å². The summed E-state index contributed by atoms with van der Waals surface area (Å²) in [7, 11) is 2.01. The minimum Gasteiger partial charge on any atom is -0.327 e. The van der Waals surface area contributed by atoms with Crippen molar-refractivity contribution in [2.45, 2.75) is 31.6 Å². The molecular weight excluding hydrogens is 400 g/mol. The molecule has 2 aliphatic heterocycles. The number of aldehydes is 1. The molecule has 3 aromatic rings. The lowest BCUT2D eigenvalue weighted by Crippen LogP contribution is -2.60. The Morgan fingerprint density at radius 2 is 1.88 bits per heavy atom. The maximum Gasteiger partial charge on any atom is 0.242 e. The zero-order chi connectivity index (χ0) is 22.1. The van der Waals surface area contributed by atoms with Crippen LogP contribution in [0, 0.1) is 0 Å². The average molecular weight is 429 g/mol. The monoisotopic (exact) mass is 428 g/mol. The number of piperazine rings is 1. The fourth-order valence-corrected chi connectivity index (χ4v) is 4.90. The van der Waals surface area contributed by atoms with Gasteiger partial charge < -0.3 is 9.69 Å². The number of rotatable bonds is 4. The molecule has 2 unspecified atom stereocenters. The molecule has 3 heterocycles. The molecule has 2 aromatic carbocycles. The summed E-state index contributed by atoms with van der Waals surface area (Å²) in [6, 6.07) is 17.7. The van der Waals surface area contributed by atoms with Crippen LogP contribution in [0.3, 0.4) is 0 Å². The molecule has 5 rings (SSSR count). The van der Waals surface area contributed by atoms with Crippen LogP contribution in [0.4, 0.5) is 0 Å². The number of fused-ring (bicyclic) bond motifs is 2. The molecule has 2 atom stereocenters. The third-order valence-corrected chi connectivity index (χ3v) is 6.80. The molecule has 1 amide bonds. The minimum absolute atomic E-state index is 0.0421. The Morgan fingerprint density at radius 3 is 2.72 bits per heavy atom. The van der Waals surface area contributed by atoms with Gasteiger partial charge in [-0.2, -0.15) is 0 Å². The lowest BCUT2D eigenvalue weighted by molar-refractivity contribution is -0.144. The first-order chi connectivity index (χ1) is 15.6. The van der Waals surface area contributed by atoms with E-state index in [-0.39, 0.29) is 11.9 Å². The molecule has 0 aliphatic carbocycles. The van der Waals surface area contributed by atoms with Gasteiger partial charge in [-0.3, -0.25) is 19.6 Å². The molecule has 6 heteroatoms. The van der Waals surface area contributed by atoms with Crippen LogP contribution < -0.4 is 0 Å². The Morgan fingerprint density at radius 1 is 1.09 bits per heavy atom. The molecule has 1 saturated heterocycles. The lowest BCUT2D eigenvalue weighted by Gasteiger charge is -2.43. The van der Waals surface area contributed by atoms with Crippen LogP contribution in [-0.4, -0.2) is 70.6 Å². The van der Waals surface area contributed by atoms with Gasteiger partial charge in [0.2, 0.25) is 5.91 Å². The number of hydrogen-bond acceptors (Lipinski definition) is 5. The Labute approximate surface area is 188 Å². The summed E-state index contributed by atoms with van der Waals surface area (Å²) in [4.78, 5) is 36.2. The predicted molar refractivity (Wildman–Crippen MR) is 124 cm³/mol. The Balaban J connectivity index is 1.32. The number of benzene rings is 2. The van der Waals surface area contributed by atoms with Gasteiger partial charge in [0.05, 0.1) is 11.6 Å². The number of para-hydroxylation sites is 1. The number of aromatic nitrogens is 1. The molecule has 2 aliphatic rings. The van der Waals surface area contributed by atoms with Gasteiger partial charge in [-0.1, -0.05) is 42.5 Å². The summed E-state index contributed by atoms with van der Waals surface area (Å²) in [6.45, 7) is 3.61. The van der Waals surface area contributed by atoms with E-state index >= 15 is 0 Å². The standard InChI is InChI=1S/C26H28N4O2/c1-28-10-11-29(15-19-12-21-7-4-5-9-24(21)27-14-19)17-25(28)26(32)30-16-22-8-3-2-6-20(22)13-23(30)18-31/h2-9,12,14,18,23,25H,10-11,13,15-17H2,1H3. The number of nitrogens with zero attached hydrogens (tertiary/aromatic N) is 4. The molecule has 0 saturated carbocycles. The van der Waals surface area contributed by atoms with Gasteiger partial charge in [-0.15, -0.1) is 0 Å². The second kappa shape index (κ2) is 8.81. The fraction of sp³-hybridized carbons (Fsp3) is 0.346. The van der Waals surface area contributed by atoms with E-state index in [0.29, 0.717) is 19.5 Å². The van der Waals surface area contributed by atoms with Gasteiger partial charge in [-0.25, -0.2) is 0 Å². The highest BCUT2D eigenvalue weighted by atomic mass is 16.2. The number of carbonyl (C=O) groups excluding carboxylic acids is 2. The third kappa shape index (κ3) is 4.04. The molecule has 6 nitrogen and oxygen atoms in total. The van der Waals surface area contributed by atoms with E-state index < -0.39 is 6.04 Å². The molecule has 1 fully saturated rings. The Hall–Kier alpha value is -3.09. The number of hydrogen-bond donors (Lipinski definition) is 0. The SMILES string of the molecule is CN1CCN(Cc2cnc3ccccc3c2)CC1C(=O)N1Cc2ccccc2CC1C=O. The number of likely N-dealkylation sites (N-methyl/N-ethyl adjacent to an activating group) is 1. The van der Waals surface area contributed by atoms with E-state index in [1.54, 1.807) is 4.90 Å². The molecule has 0 spiro atoms. The third-order valence-electron chi connectivity index (χ3n) is 6.80. The number of amides is 1. The van der Waals surface area contributed by atoms with Crippen LogP contribution in [0.15, 0.2) is 60.8 Å². The highest BCUT2D eigenvalue weighted by Crippen LogP contribution is 2.25. The summed E-state index contributed by atoms with van der Waals surface area (Å²) in [5.41, 5.74) is 4.44. The van der Waals surface area contributed by atoms with Gasteiger partial charge in [0.1, 0.15) is 12.3 Å². The largest absolute Gasteiger partial charge is 0.327 e. The van der Waals surface area contributed by atoms with E-state index in [9.17, 15) is 9.59 Å². The van der Waals surface area contributed by atoms with Gasteiger partial charge in [-0.05, 0) is 35.9 Å². The minimum atomic E-state index is -0.397. The van der Waals surface area contributed by atoms with Crippen molar-refractivity contribution in [2.24, 2.45) is 0 Å². The van der Waals surface area contributed by atoms with Crippen molar-refractivity contribution >= 4 is 23.1 Å². The van der Waals surface area contributed by atoms with E-state index in [1.165, 1.54) is 0 Å². The average Bonchev–Trinajstić information content (AvgIpc) is 2.84. The smallest absolute Gasteiger partial charge is 0.242 e. The summed E-state index contributed by atoms with van der Waals surface area (Å²) in [6.07, 6.45) is 3.45. The van der Waals surface area contributed by atoms with E-state index in [1.807, 2.05) is 43.6 Å². The molecule has 1 aromatic heterocycles. The summed E-state index contributed by atoms with van der Waals surface area (Å²) >= 11 is 0. The zero-order valence-corrected chi connectivity index (χ0v) is 18.4. The van der Waals surface area contributed by atoms with E-state index in [2.05, 4.69) is 39.0 Å². The zero-order valence-electron chi connectivity index (χ0n) is 18.4. The fourth-order valence-electron chi connectivity index (χ4n) is 4.90. The highest BCUT2D eigenvalue weighted by molar-refractivity contribution is 5.85. The van der Waals surface area contributed by atoms with Crippen molar-refractivity contribution in [1.82, 2.24) is 19.7 Å². The maximum absolute atomic E-state index is 13.6. The molecule has 0 bridgehead atoms. The van der Waals surface area contributed by atoms with Crippen LogP contribution in [0.1, 0.15) is 16.7 Å². The second-order valence-corrected chi connectivity index (χ2v) is 8.91. The van der Waals surface area contributed by atoms with E-state index in [4.69, 9.17) is 0 Å². The van der Waals surface area contributed by atoms with Gasteiger partial charge in [0.25, 0.3) is 0 Å².